The van der Waals surface area contributed by atoms with Crippen LogP contribution in [0.2, 0.25) is 0 Å². The number of esters is 1. The van der Waals surface area contributed by atoms with Crippen LogP contribution in [0.4, 0.5) is 0 Å². The van der Waals surface area contributed by atoms with Crippen LogP contribution >= 0.6 is 12.2 Å². The van der Waals surface area contributed by atoms with Gasteiger partial charge in [-0.2, -0.15) is 0 Å². The predicted octanol–water partition coefficient (Wildman–Crippen LogP) is 1.11. The molecule has 0 fully saturated rings. The van der Waals surface area contributed by atoms with Crippen molar-refractivity contribution in [1.82, 2.24) is 0 Å². The number of hydrogen-bond acceptors (Lipinski definition) is 3. The van der Waals surface area contributed by atoms with Gasteiger partial charge in [-0.05, 0) is 6.92 Å². The summed E-state index contributed by atoms with van der Waals surface area (Å²) in [6.45, 7) is 5.16. The number of thiocarbonyl (C=S) groups is 1. The Morgan fingerprint density at radius 2 is 2.44 bits per heavy atom. The van der Waals surface area contributed by atoms with Crippen LogP contribution in [-0.4, -0.2) is 17.9 Å². The van der Waals surface area contributed by atoms with Gasteiger partial charge < -0.3 is 4.74 Å². The van der Waals surface area contributed by atoms with Crippen molar-refractivity contribution in [3.8, 4) is 0 Å². The van der Waals surface area contributed by atoms with Crippen molar-refractivity contribution < 1.29 is 9.53 Å². The summed E-state index contributed by atoms with van der Waals surface area (Å²) >= 11 is 4.43. The van der Waals surface area contributed by atoms with Crippen LogP contribution in [0.3, 0.4) is 0 Å². The van der Waals surface area contributed by atoms with Gasteiger partial charge in [0.05, 0.1) is 0 Å². The van der Waals surface area contributed by atoms with Gasteiger partial charge in [-0.25, -0.2) is 4.79 Å². The van der Waals surface area contributed by atoms with Crippen molar-refractivity contribution in [1.29, 1.82) is 0 Å². The van der Waals surface area contributed by atoms with E-state index >= 15 is 0 Å². The van der Waals surface area contributed by atoms with Crippen molar-refractivity contribution in [2.75, 3.05) is 6.61 Å². The van der Waals surface area contributed by atoms with Crippen LogP contribution in [0.1, 0.15) is 6.92 Å². The summed E-state index contributed by atoms with van der Waals surface area (Å²) in [4.78, 5) is 10.5. The molecule has 0 saturated heterocycles. The standard InChI is InChI=1S/C6H8O2S/c1-5(2)6(7)8-3-4-9/h4H,1,3H2,2H3. The highest BCUT2D eigenvalue weighted by molar-refractivity contribution is 7.79. The third-order valence-electron chi connectivity index (χ3n) is 0.631. The fourth-order valence-electron chi connectivity index (χ4n) is 0.233. The van der Waals surface area contributed by atoms with Crippen LogP contribution in [0.5, 0.6) is 0 Å². The Balaban J connectivity index is 3.51. The highest BCUT2D eigenvalue weighted by Gasteiger charge is 1.99. The molecule has 0 aromatic rings. The van der Waals surface area contributed by atoms with E-state index in [0.717, 1.165) is 0 Å². The van der Waals surface area contributed by atoms with Gasteiger partial charge in [0.15, 0.2) is 0 Å². The second-order valence-electron chi connectivity index (χ2n) is 1.55. The Morgan fingerprint density at radius 1 is 1.89 bits per heavy atom. The minimum Gasteiger partial charge on any atom is -0.457 e. The average Bonchev–Trinajstić information content (AvgIpc) is 1.82. The lowest BCUT2D eigenvalue weighted by Gasteiger charge is -1.97. The van der Waals surface area contributed by atoms with E-state index in [4.69, 9.17) is 0 Å². The molecule has 0 amide bonds. The molecule has 0 heterocycles. The molecule has 0 aromatic heterocycles. The van der Waals surface area contributed by atoms with E-state index in [1.165, 1.54) is 5.37 Å². The smallest absolute Gasteiger partial charge is 0.333 e. The van der Waals surface area contributed by atoms with Crippen molar-refractivity contribution >= 4 is 23.6 Å². The molecule has 2 nitrogen and oxygen atoms in total. The van der Waals surface area contributed by atoms with Crippen LogP contribution in [0.15, 0.2) is 12.2 Å². The van der Waals surface area contributed by atoms with Gasteiger partial charge in [0.2, 0.25) is 0 Å². The molecule has 0 aliphatic carbocycles. The molecule has 0 rings (SSSR count). The molecule has 50 valence electrons. The highest BCUT2D eigenvalue weighted by Crippen LogP contribution is 1.89. The number of ether oxygens (including phenoxy) is 1. The van der Waals surface area contributed by atoms with Crippen LogP contribution < -0.4 is 0 Å². The Kier molecular flexibility index (Phi) is 3.88. The molecule has 0 aliphatic rings. The van der Waals surface area contributed by atoms with E-state index in [1.807, 2.05) is 0 Å². The van der Waals surface area contributed by atoms with E-state index in [2.05, 4.69) is 23.5 Å². The van der Waals surface area contributed by atoms with Crippen LogP contribution in [0.25, 0.3) is 0 Å². The molecule has 0 N–H and O–H groups in total. The summed E-state index contributed by atoms with van der Waals surface area (Å²) in [6, 6.07) is 0. The Bertz CT molecular complexity index is 140. The molecule has 0 bridgehead atoms. The van der Waals surface area contributed by atoms with Gasteiger partial charge >= 0.3 is 5.97 Å². The molecule has 0 unspecified atom stereocenters. The largest absolute Gasteiger partial charge is 0.457 e. The maximum absolute atomic E-state index is 10.5. The average molecular weight is 144 g/mol. The first-order valence-corrected chi connectivity index (χ1v) is 2.92. The van der Waals surface area contributed by atoms with Crippen molar-refractivity contribution in [3.63, 3.8) is 0 Å². The predicted molar refractivity (Wildman–Crippen MR) is 39.4 cm³/mol. The minimum atomic E-state index is -0.392. The molecule has 3 heteroatoms. The SMILES string of the molecule is C=C(C)C(=O)OCC=S. The maximum Gasteiger partial charge on any atom is 0.333 e. The van der Waals surface area contributed by atoms with Gasteiger partial charge in [-0.3, -0.25) is 0 Å². The fourth-order valence-corrected chi connectivity index (χ4v) is 0.301. The molecule has 0 atom stereocenters. The number of carbonyl (C=O) groups excluding carboxylic acids is 1. The molecule has 0 aliphatic heterocycles. The first-order valence-electron chi connectivity index (χ1n) is 2.44. The lowest BCUT2D eigenvalue weighted by Crippen LogP contribution is -2.05. The second-order valence-corrected chi connectivity index (χ2v) is 1.88. The van der Waals surface area contributed by atoms with Crippen LogP contribution in [-0.2, 0) is 9.53 Å². The van der Waals surface area contributed by atoms with E-state index in [-0.39, 0.29) is 6.61 Å². The molecule has 9 heavy (non-hydrogen) atoms. The fraction of sp³-hybridized carbons (Fsp3) is 0.333. The molecule has 0 radical (unpaired) electrons. The minimum absolute atomic E-state index is 0.182. The Hall–Kier alpha value is -0.700. The Labute approximate surface area is 59.5 Å². The number of hydrogen-bond donors (Lipinski definition) is 0. The van der Waals surface area contributed by atoms with Crippen LogP contribution in [0, 0.1) is 0 Å². The summed E-state index contributed by atoms with van der Waals surface area (Å²) in [6.07, 6.45) is 0. The van der Waals surface area contributed by atoms with E-state index < -0.39 is 5.97 Å². The monoisotopic (exact) mass is 144 g/mol. The lowest BCUT2D eigenvalue weighted by atomic mass is 10.4. The van der Waals surface area contributed by atoms with E-state index in [0.29, 0.717) is 5.57 Å². The zero-order valence-corrected chi connectivity index (χ0v) is 6.03. The Morgan fingerprint density at radius 3 is 2.78 bits per heavy atom. The van der Waals surface area contributed by atoms with Gasteiger partial charge in [0, 0.05) is 10.9 Å². The molecule has 0 aromatic carbocycles. The van der Waals surface area contributed by atoms with Crippen molar-refractivity contribution in [2.24, 2.45) is 0 Å². The summed E-state index contributed by atoms with van der Waals surface area (Å²) < 4.78 is 4.55. The summed E-state index contributed by atoms with van der Waals surface area (Å²) in [7, 11) is 0. The molecule has 0 spiro atoms. The second kappa shape index (κ2) is 4.21. The van der Waals surface area contributed by atoms with Crippen molar-refractivity contribution in [2.45, 2.75) is 6.92 Å². The normalized spacial score (nSPS) is 8.11. The number of rotatable bonds is 3. The quantitative estimate of drug-likeness (QED) is 0.337. The molecular weight excluding hydrogens is 136 g/mol. The lowest BCUT2D eigenvalue weighted by molar-refractivity contribution is -0.137. The summed E-state index contributed by atoms with van der Waals surface area (Å²) in [5.74, 6) is -0.392. The zero-order valence-electron chi connectivity index (χ0n) is 5.22. The summed E-state index contributed by atoms with van der Waals surface area (Å²) in [5, 5.41) is 1.35. The highest BCUT2D eigenvalue weighted by atomic mass is 32.1. The first-order chi connectivity index (χ1) is 4.18. The topological polar surface area (TPSA) is 26.3 Å². The maximum atomic E-state index is 10.5. The third kappa shape index (κ3) is 3.85. The summed E-state index contributed by atoms with van der Waals surface area (Å²) in [5.41, 5.74) is 0.395. The molecule has 0 saturated carbocycles. The first kappa shape index (κ1) is 8.30. The van der Waals surface area contributed by atoms with Crippen molar-refractivity contribution in [3.05, 3.63) is 12.2 Å². The van der Waals surface area contributed by atoms with Gasteiger partial charge in [0.1, 0.15) is 6.61 Å². The molecular formula is C6H8O2S. The third-order valence-corrected chi connectivity index (χ3v) is 0.767. The van der Waals surface area contributed by atoms with Gasteiger partial charge in [0.25, 0.3) is 0 Å². The number of carbonyl (C=O) groups is 1. The zero-order chi connectivity index (χ0) is 7.28. The van der Waals surface area contributed by atoms with Gasteiger partial charge in [-0.15, -0.1) is 0 Å². The van der Waals surface area contributed by atoms with E-state index in [1.54, 1.807) is 6.92 Å². The van der Waals surface area contributed by atoms with E-state index in [9.17, 15) is 4.79 Å². The van der Waals surface area contributed by atoms with Gasteiger partial charge in [-0.1, -0.05) is 18.8 Å².